The Balaban J connectivity index is 0.000000510. The van der Waals surface area contributed by atoms with Gasteiger partial charge in [0.15, 0.2) is 0 Å². The van der Waals surface area contributed by atoms with Crippen molar-refractivity contribution in [1.82, 2.24) is 5.32 Å². The summed E-state index contributed by atoms with van der Waals surface area (Å²) in [5, 5.41) is 22.6. The van der Waals surface area contributed by atoms with Gasteiger partial charge in [0.05, 0.1) is 67.7 Å². The average molecular weight is 718 g/mol. The molecule has 0 radical (unpaired) electrons. The normalized spacial score (nSPS) is 12.5. The summed E-state index contributed by atoms with van der Waals surface area (Å²) in [6.07, 6.45) is -0.212. The minimum atomic E-state index is -0.675. The van der Waals surface area contributed by atoms with Crippen LogP contribution in [0.15, 0.2) is 73.3 Å². The van der Waals surface area contributed by atoms with Gasteiger partial charge in [-0.3, -0.25) is 4.79 Å². The number of amides is 1. The molecule has 2 aromatic carbocycles. The van der Waals surface area contributed by atoms with E-state index in [0.717, 1.165) is 52.3 Å². The molecule has 12 heteroatoms. The van der Waals surface area contributed by atoms with E-state index in [0.29, 0.717) is 36.8 Å². The molecular formula is C39H63N3O9+2. The number of esters is 1. The van der Waals surface area contributed by atoms with E-state index in [4.69, 9.17) is 23.7 Å². The van der Waals surface area contributed by atoms with E-state index < -0.39 is 18.2 Å². The van der Waals surface area contributed by atoms with Gasteiger partial charge in [-0.25, -0.2) is 4.79 Å². The summed E-state index contributed by atoms with van der Waals surface area (Å²) in [6, 6.07) is 14.5. The maximum atomic E-state index is 11.5. The van der Waals surface area contributed by atoms with E-state index in [1.165, 1.54) is 0 Å². The summed E-state index contributed by atoms with van der Waals surface area (Å²) >= 11 is 0. The Morgan fingerprint density at radius 1 is 0.765 bits per heavy atom. The number of aliphatic hydroxyl groups excluding tert-OH is 2. The fraction of sp³-hybridized carbons (Fsp3) is 0.538. The van der Waals surface area contributed by atoms with Gasteiger partial charge < -0.3 is 48.2 Å². The average Bonchev–Trinajstić information content (AvgIpc) is 3.12. The molecule has 2 rings (SSSR count). The number of likely N-dealkylation sites (N-methyl/N-ethyl adjacent to an activating group) is 2. The zero-order valence-electron chi connectivity index (χ0n) is 31.9. The molecule has 0 fully saturated rings. The van der Waals surface area contributed by atoms with Crippen molar-refractivity contribution in [3.05, 3.63) is 84.5 Å². The first kappa shape index (κ1) is 45.2. The van der Waals surface area contributed by atoms with Crippen LogP contribution >= 0.6 is 0 Å². The van der Waals surface area contributed by atoms with Crippen LogP contribution in [0.25, 0.3) is 0 Å². The number of carbonyl (C=O) groups excluding carboxylic acids is 2. The second kappa shape index (κ2) is 24.4. The van der Waals surface area contributed by atoms with Gasteiger partial charge in [0.1, 0.15) is 56.6 Å². The summed E-state index contributed by atoms with van der Waals surface area (Å²) in [6.45, 7) is 19.5. The Kier molecular flexibility index (Phi) is 21.7. The molecule has 12 nitrogen and oxygen atoms in total. The first-order valence-corrected chi connectivity index (χ1v) is 17.4. The van der Waals surface area contributed by atoms with Crippen LogP contribution in [0.5, 0.6) is 11.5 Å². The van der Waals surface area contributed by atoms with Gasteiger partial charge >= 0.3 is 5.97 Å². The van der Waals surface area contributed by atoms with Gasteiger partial charge in [-0.1, -0.05) is 37.4 Å². The highest BCUT2D eigenvalue weighted by Gasteiger charge is 2.14. The predicted molar refractivity (Wildman–Crippen MR) is 199 cm³/mol. The Bertz CT molecular complexity index is 1300. The molecule has 0 bridgehead atoms. The summed E-state index contributed by atoms with van der Waals surface area (Å²) in [7, 11) is 8.59. The second-order valence-electron chi connectivity index (χ2n) is 13.6. The van der Waals surface area contributed by atoms with E-state index in [9.17, 15) is 19.8 Å². The van der Waals surface area contributed by atoms with Crippen LogP contribution < -0.4 is 14.8 Å². The minimum Gasteiger partial charge on any atom is -0.491 e. The molecule has 0 aliphatic rings. The first-order valence-electron chi connectivity index (χ1n) is 17.4. The number of hydrogen-bond acceptors (Lipinski definition) is 9. The molecule has 2 aromatic rings. The standard InChI is InChI=1S/C20H32N2O4.C19H30NO5/c1-6-22(4,5)11-12-25-14-18(23)15-26-19-9-7-17(8-10-19)13-21-20(24)16(2)3;1-5-19(22)25-13-16-7-9-18(10-8-16)24-15-17(21)14-23-12-11-20(3,4)6-2/h7-10,18,23H,2,6,11-15H2,1,3-5H3;5,7-10,17,21H,1,6,11-15H2,2-4H3/q;+1/p+1. The molecule has 1 amide bonds. The maximum absolute atomic E-state index is 11.5. The van der Waals surface area contributed by atoms with Crippen molar-refractivity contribution in [2.24, 2.45) is 0 Å². The van der Waals surface area contributed by atoms with E-state index in [1.807, 2.05) is 24.3 Å². The van der Waals surface area contributed by atoms with E-state index >= 15 is 0 Å². The van der Waals surface area contributed by atoms with Crippen LogP contribution in [0.3, 0.4) is 0 Å². The van der Waals surface area contributed by atoms with E-state index in [1.54, 1.807) is 31.2 Å². The van der Waals surface area contributed by atoms with E-state index in [2.05, 4.69) is 60.5 Å². The predicted octanol–water partition coefficient (Wildman–Crippen LogP) is 3.50. The number of nitrogens with zero attached hydrogens (tertiary/aromatic N) is 2. The van der Waals surface area contributed by atoms with Crippen molar-refractivity contribution < 1.29 is 52.5 Å². The minimum absolute atomic E-state index is 0.158. The second-order valence-corrected chi connectivity index (χ2v) is 13.6. The van der Waals surface area contributed by atoms with Crippen molar-refractivity contribution in [3.8, 4) is 11.5 Å². The highest BCUT2D eigenvalue weighted by molar-refractivity contribution is 5.92. The lowest BCUT2D eigenvalue weighted by atomic mass is 10.2. The largest absolute Gasteiger partial charge is 0.491 e. The Morgan fingerprint density at radius 3 is 1.59 bits per heavy atom. The Labute approximate surface area is 305 Å². The number of benzene rings is 2. The lowest BCUT2D eigenvalue weighted by Crippen LogP contribution is -2.42. The molecule has 2 atom stereocenters. The first-order chi connectivity index (χ1) is 24.1. The molecule has 0 aliphatic carbocycles. The lowest BCUT2D eigenvalue weighted by molar-refractivity contribution is -0.888. The van der Waals surface area contributed by atoms with Crippen molar-refractivity contribution >= 4 is 11.9 Å². The lowest BCUT2D eigenvalue weighted by Gasteiger charge is -2.28. The topological polar surface area (TPSA) is 133 Å². The molecule has 2 unspecified atom stereocenters. The molecule has 286 valence electrons. The smallest absolute Gasteiger partial charge is 0.330 e. The van der Waals surface area contributed by atoms with Gasteiger partial charge in [-0.15, -0.1) is 0 Å². The van der Waals surface area contributed by atoms with Crippen LogP contribution in [-0.2, 0) is 37.0 Å². The van der Waals surface area contributed by atoms with Crippen LogP contribution in [0.1, 0.15) is 31.9 Å². The number of carbonyl (C=O) groups is 2. The third-order valence-electron chi connectivity index (χ3n) is 8.13. The number of ether oxygens (including phenoxy) is 5. The molecule has 51 heavy (non-hydrogen) atoms. The number of quaternary nitrogens is 2. The van der Waals surface area contributed by atoms with Gasteiger partial charge in [-0.2, -0.15) is 0 Å². The molecule has 3 N–H and O–H groups in total. The molecule has 0 heterocycles. The van der Waals surface area contributed by atoms with Gasteiger partial charge in [0.2, 0.25) is 5.91 Å². The molecular weight excluding hydrogens is 654 g/mol. The Hall–Kier alpha value is -3.78. The number of rotatable bonds is 24. The zero-order valence-corrected chi connectivity index (χ0v) is 31.9. The fourth-order valence-corrected chi connectivity index (χ4v) is 3.79. The summed E-state index contributed by atoms with van der Waals surface area (Å²) < 4.78 is 28.9. The van der Waals surface area contributed by atoms with Crippen LogP contribution in [-0.4, -0.2) is 137 Å². The van der Waals surface area contributed by atoms with E-state index in [-0.39, 0.29) is 38.9 Å². The maximum Gasteiger partial charge on any atom is 0.330 e. The highest BCUT2D eigenvalue weighted by Crippen LogP contribution is 2.14. The third kappa shape index (κ3) is 21.9. The highest BCUT2D eigenvalue weighted by atomic mass is 16.5. The quantitative estimate of drug-likeness (QED) is 0.0647. The van der Waals surface area contributed by atoms with Gasteiger partial charge in [0.25, 0.3) is 0 Å². The van der Waals surface area contributed by atoms with Crippen molar-refractivity contribution in [1.29, 1.82) is 0 Å². The number of hydrogen-bond donors (Lipinski definition) is 3. The number of aliphatic hydroxyl groups is 2. The van der Waals surface area contributed by atoms with Crippen molar-refractivity contribution in [2.75, 3.05) is 94.0 Å². The Morgan fingerprint density at radius 2 is 1.20 bits per heavy atom. The monoisotopic (exact) mass is 717 g/mol. The van der Waals surface area contributed by atoms with Crippen LogP contribution in [0.2, 0.25) is 0 Å². The van der Waals surface area contributed by atoms with Gasteiger partial charge in [0, 0.05) is 18.2 Å². The van der Waals surface area contributed by atoms with Crippen molar-refractivity contribution in [3.63, 3.8) is 0 Å². The number of nitrogens with one attached hydrogen (secondary N) is 1. The molecule has 0 aliphatic heterocycles. The summed E-state index contributed by atoms with van der Waals surface area (Å²) in [5.74, 6) is 0.698. The SMILES string of the molecule is C=C(C)C(=O)NCc1ccc(OCC(O)COCC[N+](C)(C)CC)cc1.C=CC(=O)OCc1ccc(OCC(O)COCC[N+](C)(C)CC)cc1. The summed E-state index contributed by atoms with van der Waals surface area (Å²) in [4.78, 5) is 22.5. The summed E-state index contributed by atoms with van der Waals surface area (Å²) in [5.41, 5.74) is 2.30. The van der Waals surface area contributed by atoms with Gasteiger partial charge in [-0.05, 0) is 56.2 Å². The molecule has 0 saturated heterocycles. The fourth-order valence-electron chi connectivity index (χ4n) is 3.79. The molecule has 0 spiro atoms. The molecule has 0 aromatic heterocycles. The third-order valence-corrected chi connectivity index (χ3v) is 8.13. The molecule has 0 saturated carbocycles. The van der Waals surface area contributed by atoms with Crippen LogP contribution in [0, 0.1) is 0 Å². The van der Waals surface area contributed by atoms with Crippen LogP contribution in [0.4, 0.5) is 0 Å². The van der Waals surface area contributed by atoms with Crippen molar-refractivity contribution in [2.45, 2.75) is 46.1 Å². The zero-order chi connectivity index (χ0) is 38.3.